The zero-order chi connectivity index (χ0) is 19.8. The van der Waals surface area contributed by atoms with E-state index < -0.39 is 10.0 Å². The van der Waals surface area contributed by atoms with Crippen molar-refractivity contribution in [2.45, 2.75) is 45.1 Å². The highest BCUT2D eigenvalue weighted by Crippen LogP contribution is 2.21. The third kappa shape index (κ3) is 7.72. The number of hydrogen-bond acceptors (Lipinski definition) is 4. The number of nitrogens with one attached hydrogen (secondary N) is 2. The summed E-state index contributed by atoms with van der Waals surface area (Å²) < 4.78 is 28.1. The number of sulfonamides is 1. The molecule has 0 bridgehead atoms. The number of benzene rings is 1. The number of guanidine groups is 1. The number of methoxy groups -OCH3 is 1. The molecule has 1 atom stereocenters. The van der Waals surface area contributed by atoms with E-state index in [1.54, 1.807) is 19.2 Å². The van der Waals surface area contributed by atoms with Crippen molar-refractivity contribution in [3.63, 3.8) is 0 Å². The van der Waals surface area contributed by atoms with Gasteiger partial charge in [0.15, 0.2) is 5.96 Å². The van der Waals surface area contributed by atoms with Gasteiger partial charge in [-0.15, -0.1) is 0 Å². The molecule has 0 amide bonds. The lowest BCUT2D eigenvalue weighted by Gasteiger charge is -2.28. The lowest BCUT2D eigenvalue weighted by Crippen LogP contribution is -2.40. The maximum atomic E-state index is 11.3. The molecule has 1 aromatic rings. The predicted octanol–water partition coefficient (Wildman–Crippen LogP) is 1.49. The lowest BCUT2D eigenvalue weighted by molar-refractivity contribution is 0.0241. The van der Waals surface area contributed by atoms with Gasteiger partial charge in [0.05, 0.1) is 17.5 Å². The van der Waals surface area contributed by atoms with Crippen LogP contribution >= 0.6 is 0 Å². The molecule has 7 nitrogen and oxygen atoms in total. The molecule has 0 fully saturated rings. The molecule has 1 unspecified atom stereocenters. The Morgan fingerprint density at radius 1 is 1.23 bits per heavy atom. The van der Waals surface area contributed by atoms with Gasteiger partial charge in [-0.1, -0.05) is 32.9 Å². The van der Waals surface area contributed by atoms with E-state index in [9.17, 15) is 8.42 Å². The van der Waals surface area contributed by atoms with Gasteiger partial charge in [-0.3, -0.25) is 4.99 Å². The smallest absolute Gasteiger partial charge is 0.238 e. The topological polar surface area (TPSA) is 106 Å². The van der Waals surface area contributed by atoms with Crippen LogP contribution in [0.3, 0.4) is 0 Å². The summed E-state index contributed by atoms with van der Waals surface area (Å²) in [5.74, 6) is 0.736. The van der Waals surface area contributed by atoms with Crippen LogP contribution in [0, 0.1) is 5.41 Å². The molecule has 0 spiro atoms. The Balaban J connectivity index is 2.62. The molecular weight excluding hydrogens is 352 g/mol. The van der Waals surface area contributed by atoms with E-state index in [1.165, 1.54) is 12.1 Å². The van der Waals surface area contributed by atoms with Crippen molar-refractivity contribution < 1.29 is 13.2 Å². The maximum Gasteiger partial charge on any atom is 0.238 e. The molecule has 1 aromatic carbocycles. The van der Waals surface area contributed by atoms with Crippen LogP contribution in [0.25, 0.3) is 0 Å². The first-order valence-corrected chi connectivity index (χ1v) is 10.3. The molecule has 0 saturated heterocycles. The number of rotatable bonds is 8. The summed E-state index contributed by atoms with van der Waals surface area (Å²) in [5, 5.41) is 11.6. The van der Waals surface area contributed by atoms with E-state index >= 15 is 0 Å². The molecule has 0 aromatic heterocycles. The molecule has 0 aliphatic rings. The van der Waals surface area contributed by atoms with E-state index in [0.717, 1.165) is 24.5 Å². The Bertz CT molecular complexity index is 679. The van der Waals surface area contributed by atoms with Gasteiger partial charge in [-0.25, -0.2) is 13.6 Å². The van der Waals surface area contributed by atoms with Crippen LogP contribution in [0.4, 0.5) is 0 Å². The lowest BCUT2D eigenvalue weighted by atomic mass is 9.89. The van der Waals surface area contributed by atoms with E-state index in [1.807, 2.05) is 6.92 Å². The molecule has 4 N–H and O–H groups in total. The van der Waals surface area contributed by atoms with E-state index in [-0.39, 0.29) is 16.4 Å². The van der Waals surface area contributed by atoms with Crippen LogP contribution in [0.15, 0.2) is 34.2 Å². The summed E-state index contributed by atoms with van der Waals surface area (Å²) in [4.78, 5) is 4.72. The van der Waals surface area contributed by atoms with Crippen molar-refractivity contribution in [2.75, 3.05) is 26.7 Å². The van der Waals surface area contributed by atoms with Crippen molar-refractivity contribution in [3.05, 3.63) is 29.8 Å². The summed E-state index contributed by atoms with van der Waals surface area (Å²) in [5.41, 5.74) is 1.03. The van der Waals surface area contributed by atoms with Crippen LogP contribution in [-0.2, 0) is 21.2 Å². The molecule has 8 heteroatoms. The average Bonchev–Trinajstić information content (AvgIpc) is 2.53. The second-order valence-corrected chi connectivity index (χ2v) is 8.74. The van der Waals surface area contributed by atoms with Gasteiger partial charge >= 0.3 is 0 Å². The van der Waals surface area contributed by atoms with Crippen molar-refractivity contribution >= 4 is 16.0 Å². The monoisotopic (exact) mass is 384 g/mol. The zero-order valence-electron chi connectivity index (χ0n) is 16.4. The largest absolute Gasteiger partial charge is 0.379 e. The van der Waals surface area contributed by atoms with Gasteiger partial charge in [0, 0.05) is 20.2 Å². The Morgan fingerprint density at radius 2 is 1.85 bits per heavy atom. The number of hydrogen-bond donors (Lipinski definition) is 3. The minimum atomic E-state index is -3.65. The summed E-state index contributed by atoms with van der Waals surface area (Å²) in [6.07, 6.45) is 0.770. The van der Waals surface area contributed by atoms with Crippen LogP contribution in [0.2, 0.25) is 0 Å². The highest BCUT2D eigenvalue weighted by molar-refractivity contribution is 7.89. The van der Waals surface area contributed by atoms with Crippen LogP contribution in [-0.4, -0.2) is 47.2 Å². The van der Waals surface area contributed by atoms with Gasteiger partial charge in [-0.05, 0) is 36.5 Å². The summed E-state index contributed by atoms with van der Waals surface area (Å²) in [6.45, 7) is 10.4. The van der Waals surface area contributed by atoms with Gasteiger partial charge in [0.2, 0.25) is 10.0 Å². The number of nitrogens with two attached hydrogens (primary N) is 1. The molecule has 148 valence electrons. The minimum absolute atomic E-state index is 0.0145. The molecular formula is C18H32N4O3S. The SMILES string of the molecule is CCNC(=NCC(OC)C(C)(C)C)NCCc1ccc(S(N)(=O)=O)cc1. The molecule has 0 radical (unpaired) electrons. The highest BCUT2D eigenvalue weighted by Gasteiger charge is 2.24. The molecule has 0 aliphatic carbocycles. The maximum absolute atomic E-state index is 11.3. The van der Waals surface area contributed by atoms with Crippen molar-refractivity contribution in [3.8, 4) is 0 Å². The van der Waals surface area contributed by atoms with Crippen molar-refractivity contribution in [1.29, 1.82) is 0 Å². The first-order valence-electron chi connectivity index (χ1n) is 8.74. The Hall–Kier alpha value is -1.64. The third-order valence-electron chi connectivity index (χ3n) is 3.97. The molecule has 1 rings (SSSR count). The average molecular weight is 385 g/mol. The fourth-order valence-electron chi connectivity index (χ4n) is 2.39. The first kappa shape index (κ1) is 22.4. The fourth-order valence-corrected chi connectivity index (χ4v) is 2.90. The van der Waals surface area contributed by atoms with Crippen LogP contribution in [0.5, 0.6) is 0 Å². The number of primary sulfonamides is 1. The van der Waals surface area contributed by atoms with E-state index in [0.29, 0.717) is 13.1 Å². The zero-order valence-corrected chi connectivity index (χ0v) is 17.2. The van der Waals surface area contributed by atoms with Crippen molar-refractivity contribution in [2.24, 2.45) is 15.5 Å². The van der Waals surface area contributed by atoms with E-state index in [2.05, 4.69) is 36.4 Å². The molecule has 0 heterocycles. The Kier molecular flexibility index (Phi) is 8.52. The summed E-state index contributed by atoms with van der Waals surface area (Å²) in [7, 11) is -1.94. The minimum Gasteiger partial charge on any atom is -0.379 e. The predicted molar refractivity (Wildman–Crippen MR) is 106 cm³/mol. The van der Waals surface area contributed by atoms with Crippen LogP contribution < -0.4 is 15.8 Å². The molecule has 0 aliphatic heterocycles. The quantitative estimate of drug-likeness (QED) is 0.465. The standard InChI is InChI=1S/C18H32N4O3S/c1-6-20-17(22-13-16(25-5)18(2,3)4)21-12-11-14-7-9-15(10-8-14)26(19,23)24/h7-10,16H,6,11-13H2,1-5H3,(H2,19,23,24)(H2,20,21,22). The number of aliphatic imine (C=N–C) groups is 1. The fraction of sp³-hybridized carbons (Fsp3) is 0.611. The third-order valence-corrected chi connectivity index (χ3v) is 4.90. The first-order chi connectivity index (χ1) is 12.1. The second kappa shape index (κ2) is 9.89. The number of ether oxygens (including phenoxy) is 1. The van der Waals surface area contributed by atoms with Gasteiger partial charge in [0.25, 0.3) is 0 Å². The second-order valence-electron chi connectivity index (χ2n) is 7.18. The van der Waals surface area contributed by atoms with Gasteiger partial charge in [0.1, 0.15) is 0 Å². The van der Waals surface area contributed by atoms with Crippen molar-refractivity contribution in [1.82, 2.24) is 10.6 Å². The number of nitrogens with zero attached hydrogens (tertiary/aromatic N) is 1. The summed E-state index contributed by atoms with van der Waals surface area (Å²) >= 11 is 0. The van der Waals surface area contributed by atoms with Crippen LogP contribution in [0.1, 0.15) is 33.3 Å². The Labute approximate surface area is 157 Å². The van der Waals surface area contributed by atoms with E-state index in [4.69, 9.17) is 9.88 Å². The molecule has 0 saturated carbocycles. The van der Waals surface area contributed by atoms with Gasteiger partial charge < -0.3 is 15.4 Å². The highest BCUT2D eigenvalue weighted by atomic mass is 32.2. The van der Waals surface area contributed by atoms with Gasteiger partial charge in [-0.2, -0.15) is 0 Å². The molecule has 26 heavy (non-hydrogen) atoms. The summed E-state index contributed by atoms with van der Waals surface area (Å²) in [6, 6.07) is 6.59. The Morgan fingerprint density at radius 3 is 2.31 bits per heavy atom. The normalized spacial score (nSPS) is 14.2.